The fraction of sp³-hybridized carbons (Fsp3) is 0. The van der Waals surface area contributed by atoms with Crippen LogP contribution >= 0.6 is 11.3 Å². The summed E-state index contributed by atoms with van der Waals surface area (Å²) in [6, 6.07) is 53.4. The Bertz CT molecular complexity index is 2720. The lowest BCUT2D eigenvalue weighted by atomic mass is 10.0. The fourth-order valence-electron chi connectivity index (χ4n) is 7.23. The van der Waals surface area contributed by atoms with E-state index in [1.54, 1.807) is 0 Å². The largest absolute Gasteiger partial charge is 0.309 e. The Labute approximate surface area is 251 Å². The van der Waals surface area contributed by atoms with Gasteiger partial charge in [-0.15, -0.1) is 11.3 Å². The Morgan fingerprint density at radius 3 is 1.98 bits per heavy atom. The van der Waals surface area contributed by atoms with Gasteiger partial charge >= 0.3 is 0 Å². The van der Waals surface area contributed by atoms with E-state index in [4.69, 9.17) is 0 Å². The van der Waals surface area contributed by atoms with Crippen LogP contribution in [0.15, 0.2) is 146 Å². The topological polar surface area (TPSA) is 9.86 Å². The Morgan fingerprint density at radius 1 is 0.349 bits per heavy atom. The minimum absolute atomic E-state index is 1.18. The van der Waals surface area contributed by atoms with Crippen molar-refractivity contribution in [1.29, 1.82) is 0 Å². The smallest absolute Gasteiger partial charge is 0.0562 e. The van der Waals surface area contributed by atoms with E-state index in [0.717, 1.165) is 0 Å². The summed E-state index contributed by atoms with van der Waals surface area (Å²) in [7, 11) is 0. The number of rotatable bonds is 2. The second kappa shape index (κ2) is 8.57. The molecule has 0 unspecified atom stereocenters. The Balaban J connectivity index is 1.42. The molecule has 0 spiro atoms. The maximum absolute atomic E-state index is 2.46. The van der Waals surface area contributed by atoms with Gasteiger partial charge in [0, 0.05) is 53.1 Å². The molecule has 43 heavy (non-hydrogen) atoms. The quantitative estimate of drug-likeness (QED) is 0.198. The van der Waals surface area contributed by atoms with Gasteiger partial charge in [0.15, 0.2) is 0 Å². The van der Waals surface area contributed by atoms with Crippen LogP contribution < -0.4 is 0 Å². The van der Waals surface area contributed by atoms with Gasteiger partial charge in [0.2, 0.25) is 0 Å². The average molecular weight is 565 g/mol. The van der Waals surface area contributed by atoms with Gasteiger partial charge < -0.3 is 9.13 Å². The van der Waals surface area contributed by atoms with Crippen LogP contribution in [0.25, 0.3) is 85.9 Å². The fourth-order valence-corrected chi connectivity index (χ4v) is 8.35. The van der Waals surface area contributed by atoms with Crippen molar-refractivity contribution < 1.29 is 0 Å². The van der Waals surface area contributed by atoms with Crippen LogP contribution in [-0.2, 0) is 0 Å². The molecule has 10 rings (SSSR count). The first-order valence-corrected chi connectivity index (χ1v) is 15.5. The first-order chi connectivity index (χ1) is 21.3. The first-order valence-electron chi connectivity index (χ1n) is 14.7. The van der Waals surface area contributed by atoms with Gasteiger partial charge in [-0.25, -0.2) is 0 Å². The summed E-state index contributed by atoms with van der Waals surface area (Å²) in [6.07, 6.45) is 0. The zero-order valence-corrected chi connectivity index (χ0v) is 24.0. The molecule has 10 aromatic rings. The predicted octanol–water partition coefficient (Wildman–Crippen LogP) is 11.4. The molecule has 0 N–H and O–H groups in total. The third-order valence-electron chi connectivity index (χ3n) is 9.07. The van der Waals surface area contributed by atoms with Crippen LogP contribution in [0, 0.1) is 0 Å². The molecule has 2 nitrogen and oxygen atoms in total. The molecule has 3 heterocycles. The van der Waals surface area contributed by atoms with Crippen molar-refractivity contribution in [2.45, 2.75) is 0 Å². The molecule has 0 bridgehead atoms. The lowest BCUT2D eigenvalue weighted by Crippen LogP contribution is -1.95. The molecule has 3 heteroatoms. The van der Waals surface area contributed by atoms with Gasteiger partial charge in [-0.2, -0.15) is 0 Å². The van der Waals surface area contributed by atoms with Gasteiger partial charge in [-0.1, -0.05) is 84.9 Å². The maximum atomic E-state index is 2.46. The second-order valence-electron chi connectivity index (χ2n) is 11.4. The minimum Gasteiger partial charge on any atom is -0.309 e. The van der Waals surface area contributed by atoms with Crippen molar-refractivity contribution in [3.8, 4) is 11.4 Å². The van der Waals surface area contributed by atoms with E-state index >= 15 is 0 Å². The van der Waals surface area contributed by atoms with Crippen LogP contribution in [0.3, 0.4) is 0 Å². The molecular weight excluding hydrogens is 541 g/mol. The Hall–Kier alpha value is -5.38. The van der Waals surface area contributed by atoms with Crippen molar-refractivity contribution in [2.24, 2.45) is 0 Å². The highest BCUT2D eigenvalue weighted by atomic mass is 32.1. The molecular formula is C40H24N2S. The molecule has 3 aromatic heterocycles. The van der Waals surface area contributed by atoms with Gasteiger partial charge in [0.1, 0.15) is 0 Å². The van der Waals surface area contributed by atoms with E-state index < -0.39 is 0 Å². The summed E-state index contributed by atoms with van der Waals surface area (Å²) < 4.78 is 7.57. The van der Waals surface area contributed by atoms with Gasteiger partial charge in [-0.05, 0) is 71.4 Å². The van der Waals surface area contributed by atoms with Crippen LogP contribution in [0.2, 0.25) is 0 Å². The van der Waals surface area contributed by atoms with Crippen LogP contribution in [0.4, 0.5) is 0 Å². The van der Waals surface area contributed by atoms with Crippen molar-refractivity contribution >= 4 is 85.9 Å². The monoisotopic (exact) mass is 564 g/mol. The van der Waals surface area contributed by atoms with Gasteiger partial charge in [0.25, 0.3) is 0 Å². The zero-order valence-electron chi connectivity index (χ0n) is 23.2. The lowest BCUT2D eigenvalue weighted by molar-refractivity contribution is 1.17. The summed E-state index contributed by atoms with van der Waals surface area (Å²) in [5.74, 6) is 0. The number of aromatic nitrogens is 2. The van der Waals surface area contributed by atoms with E-state index in [-0.39, 0.29) is 0 Å². The summed E-state index contributed by atoms with van der Waals surface area (Å²) in [4.78, 5) is 0. The normalized spacial score (nSPS) is 12.2. The lowest BCUT2D eigenvalue weighted by Gasteiger charge is -2.11. The molecule has 0 radical (unpaired) electrons. The molecule has 0 aliphatic rings. The number of nitrogens with zero attached hydrogens (tertiary/aromatic N) is 2. The molecule has 7 aromatic carbocycles. The molecule has 200 valence electrons. The van der Waals surface area contributed by atoms with Crippen molar-refractivity contribution in [1.82, 2.24) is 9.13 Å². The van der Waals surface area contributed by atoms with Gasteiger partial charge in [-0.3, -0.25) is 0 Å². The van der Waals surface area contributed by atoms with E-state index in [1.807, 2.05) is 11.3 Å². The standard InChI is InChI=1S/C40H24N2S/c1-2-12-27(13-3-1)41-34-20-21-38-40(30-15-7-9-17-37(30)43-38)39(34)32-23-31-29-14-6-8-16-33(29)42(35(31)24-36(32)41)28-19-18-25-10-4-5-11-26(25)22-28/h1-24H. The van der Waals surface area contributed by atoms with E-state index in [0.29, 0.717) is 0 Å². The first kappa shape index (κ1) is 23.2. The molecule has 0 amide bonds. The van der Waals surface area contributed by atoms with E-state index in [2.05, 4.69) is 155 Å². The predicted molar refractivity (Wildman–Crippen MR) is 186 cm³/mol. The summed E-state index contributed by atoms with van der Waals surface area (Å²) in [6.45, 7) is 0. The number of hydrogen-bond acceptors (Lipinski definition) is 1. The maximum Gasteiger partial charge on any atom is 0.0562 e. The molecule has 0 saturated carbocycles. The van der Waals surface area contributed by atoms with Crippen LogP contribution in [-0.4, -0.2) is 9.13 Å². The zero-order chi connectivity index (χ0) is 28.1. The number of thiophene rings is 1. The third-order valence-corrected chi connectivity index (χ3v) is 10.2. The van der Waals surface area contributed by atoms with Crippen LogP contribution in [0.1, 0.15) is 0 Å². The minimum atomic E-state index is 1.18. The Morgan fingerprint density at radius 2 is 1.07 bits per heavy atom. The Kier molecular flexibility index (Phi) is 4.63. The third kappa shape index (κ3) is 3.17. The molecule has 0 fully saturated rings. The highest BCUT2D eigenvalue weighted by molar-refractivity contribution is 7.26. The SMILES string of the molecule is c1ccc(-n2c3cc4c(cc3c3c5c(ccc32)sc2ccccc25)c2ccccc2n4-c2ccc3ccccc3c2)cc1. The van der Waals surface area contributed by atoms with Crippen molar-refractivity contribution in [3.63, 3.8) is 0 Å². The van der Waals surface area contributed by atoms with Crippen LogP contribution in [0.5, 0.6) is 0 Å². The number of para-hydroxylation sites is 2. The second-order valence-corrected chi connectivity index (χ2v) is 12.5. The molecule has 0 aliphatic carbocycles. The summed E-state index contributed by atoms with van der Waals surface area (Å²) in [5, 5.41) is 10.4. The van der Waals surface area contributed by atoms with Crippen molar-refractivity contribution in [2.75, 3.05) is 0 Å². The number of benzene rings is 7. The molecule has 0 atom stereocenters. The number of hydrogen-bond donors (Lipinski definition) is 0. The highest BCUT2D eigenvalue weighted by Gasteiger charge is 2.21. The number of fused-ring (bicyclic) bond motifs is 11. The summed E-state index contributed by atoms with van der Waals surface area (Å²) in [5.41, 5.74) is 7.26. The average Bonchev–Trinajstić information content (AvgIpc) is 3.71. The van der Waals surface area contributed by atoms with E-state index in [9.17, 15) is 0 Å². The van der Waals surface area contributed by atoms with Gasteiger partial charge in [0.05, 0.1) is 22.1 Å². The molecule has 0 aliphatic heterocycles. The molecule has 0 saturated heterocycles. The van der Waals surface area contributed by atoms with E-state index in [1.165, 1.54) is 85.9 Å². The summed E-state index contributed by atoms with van der Waals surface area (Å²) >= 11 is 1.89. The van der Waals surface area contributed by atoms with Crippen molar-refractivity contribution in [3.05, 3.63) is 146 Å². The highest BCUT2D eigenvalue weighted by Crippen LogP contribution is 2.45.